The molecule has 0 saturated heterocycles. The van der Waals surface area contributed by atoms with Crippen molar-refractivity contribution in [3.63, 3.8) is 0 Å². The number of halogens is 1. The van der Waals surface area contributed by atoms with Gasteiger partial charge in [-0.1, -0.05) is 22.0 Å². The van der Waals surface area contributed by atoms with Gasteiger partial charge in [0, 0.05) is 15.1 Å². The standard InChI is InChI=1S/C13H12BrN3O2S2/c14-8-3-4-10(9(15)6-8)21-7-12(18)16-17-13(19)11-2-1-5-20-11/h1-6H,7,15H2,(H,16,18)(H,17,19). The van der Waals surface area contributed by atoms with Crippen LogP contribution in [0, 0.1) is 0 Å². The van der Waals surface area contributed by atoms with E-state index in [0.717, 1.165) is 9.37 Å². The molecule has 2 rings (SSSR count). The van der Waals surface area contributed by atoms with Crippen molar-refractivity contribution in [1.29, 1.82) is 0 Å². The lowest BCUT2D eigenvalue weighted by Gasteiger charge is -2.07. The number of thioether (sulfide) groups is 1. The van der Waals surface area contributed by atoms with Crippen LogP contribution in [0.2, 0.25) is 0 Å². The van der Waals surface area contributed by atoms with Gasteiger partial charge in [-0.2, -0.15) is 0 Å². The first-order valence-corrected chi connectivity index (χ1v) is 8.52. The highest BCUT2D eigenvalue weighted by molar-refractivity contribution is 9.10. The Bertz CT molecular complexity index is 647. The number of nitrogen functional groups attached to an aromatic ring is 1. The summed E-state index contributed by atoms with van der Waals surface area (Å²) in [6, 6.07) is 8.92. The fourth-order valence-electron chi connectivity index (χ4n) is 1.43. The summed E-state index contributed by atoms with van der Waals surface area (Å²) in [5.41, 5.74) is 11.2. The molecular formula is C13H12BrN3O2S2. The summed E-state index contributed by atoms with van der Waals surface area (Å²) in [6.45, 7) is 0. The van der Waals surface area contributed by atoms with Crippen molar-refractivity contribution in [2.75, 3.05) is 11.5 Å². The Hall–Kier alpha value is -1.51. The molecule has 1 aromatic carbocycles. The third-order valence-electron chi connectivity index (χ3n) is 2.39. The second-order valence-electron chi connectivity index (χ2n) is 3.95. The van der Waals surface area contributed by atoms with E-state index in [1.165, 1.54) is 23.1 Å². The molecule has 2 aromatic rings. The fourth-order valence-corrected chi connectivity index (χ4v) is 3.17. The molecule has 0 bridgehead atoms. The number of hydrazine groups is 1. The molecule has 0 aliphatic rings. The van der Waals surface area contributed by atoms with Crippen LogP contribution in [0.15, 0.2) is 45.1 Å². The Morgan fingerprint density at radius 2 is 2.10 bits per heavy atom. The summed E-state index contributed by atoms with van der Waals surface area (Å²) in [6.07, 6.45) is 0. The quantitative estimate of drug-likeness (QED) is 0.429. The van der Waals surface area contributed by atoms with Crippen molar-refractivity contribution in [1.82, 2.24) is 10.9 Å². The average Bonchev–Trinajstić information content (AvgIpc) is 2.98. The summed E-state index contributed by atoms with van der Waals surface area (Å²) in [5.74, 6) is -0.463. The highest BCUT2D eigenvalue weighted by Crippen LogP contribution is 2.27. The molecule has 110 valence electrons. The van der Waals surface area contributed by atoms with Crippen LogP contribution in [0.4, 0.5) is 5.69 Å². The van der Waals surface area contributed by atoms with E-state index in [0.29, 0.717) is 10.6 Å². The van der Waals surface area contributed by atoms with Gasteiger partial charge in [0.25, 0.3) is 5.91 Å². The normalized spacial score (nSPS) is 10.1. The number of carbonyl (C=O) groups excluding carboxylic acids is 2. The van der Waals surface area contributed by atoms with Gasteiger partial charge in [-0.15, -0.1) is 23.1 Å². The number of amides is 2. The second kappa shape index (κ2) is 7.48. The number of nitrogens with two attached hydrogens (primary N) is 1. The predicted molar refractivity (Wildman–Crippen MR) is 89.2 cm³/mol. The summed E-state index contributed by atoms with van der Waals surface area (Å²) in [7, 11) is 0. The molecule has 0 atom stereocenters. The number of anilines is 1. The van der Waals surface area contributed by atoms with Crippen LogP contribution in [-0.2, 0) is 4.79 Å². The maximum atomic E-state index is 11.7. The maximum absolute atomic E-state index is 11.7. The van der Waals surface area contributed by atoms with Gasteiger partial charge in [0.05, 0.1) is 10.6 Å². The van der Waals surface area contributed by atoms with Crippen molar-refractivity contribution in [3.05, 3.63) is 45.1 Å². The Kier molecular flexibility index (Phi) is 5.66. The van der Waals surface area contributed by atoms with Gasteiger partial charge in [-0.3, -0.25) is 20.4 Å². The number of rotatable bonds is 4. The first-order chi connectivity index (χ1) is 10.1. The smallest absolute Gasteiger partial charge is 0.279 e. The largest absolute Gasteiger partial charge is 0.398 e. The number of hydrogen-bond donors (Lipinski definition) is 3. The molecule has 0 saturated carbocycles. The molecule has 0 radical (unpaired) electrons. The van der Waals surface area contributed by atoms with E-state index in [2.05, 4.69) is 26.8 Å². The summed E-state index contributed by atoms with van der Waals surface area (Å²) < 4.78 is 0.886. The Labute approximate surface area is 138 Å². The minimum Gasteiger partial charge on any atom is -0.398 e. The Balaban J connectivity index is 1.78. The van der Waals surface area contributed by atoms with Gasteiger partial charge in [0.1, 0.15) is 0 Å². The van der Waals surface area contributed by atoms with E-state index in [9.17, 15) is 9.59 Å². The predicted octanol–water partition coefficient (Wildman–Crippen LogP) is 2.65. The van der Waals surface area contributed by atoms with Crippen LogP contribution in [0.1, 0.15) is 9.67 Å². The van der Waals surface area contributed by atoms with Crippen LogP contribution in [-0.4, -0.2) is 17.6 Å². The molecule has 0 fully saturated rings. The van der Waals surface area contributed by atoms with E-state index in [-0.39, 0.29) is 17.6 Å². The number of hydrogen-bond acceptors (Lipinski definition) is 5. The van der Waals surface area contributed by atoms with E-state index >= 15 is 0 Å². The monoisotopic (exact) mass is 385 g/mol. The minimum atomic E-state index is -0.327. The number of benzene rings is 1. The van der Waals surface area contributed by atoms with E-state index < -0.39 is 0 Å². The molecular weight excluding hydrogens is 374 g/mol. The van der Waals surface area contributed by atoms with Gasteiger partial charge in [-0.05, 0) is 29.6 Å². The first kappa shape index (κ1) is 15.9. The lowest BCUT2D eigenvalue weighted by atomic mass is 10.3. The lowest BCUT2D eigenvalue weighted by Crippen LogP contribution is -2.42. The topological polar surface area (TPSA) is 84.2 Å². The summed E-state index contributed by atoms with van der Waals surface area (Å²) >= 11 is 5.93. The highest BCUT2D eigenvalue weighted by Gasteiger charge is 2.09. The maximum Gasteiger partial charge on any atom is 0.279 e. The zero-order chi connectivity index (χ0) is 15.2. The van der Waals surface area contributed by atoms with Crippen LogP contribution >= 0.6 is 39.0 Å². The van der Waals surface area contributed by atoms with Crippen LogP contribution < -0.4 is 16.6 Å². The van der Waals surface area contributed by atoms with Gasteiger partial charge < -0.3 is 5.73 Å². The van der Waals surface area contributed by atoms with Crippen LogP contribution in [0.3, 0.4) is 0 Å². The second-order valence-corrected chi connectivity index (χ2v) is 6.83. The number of thiophene rings is 1. The third kappa shape index (κ3) is 4.76. The van der Waals surface area contributed by atoms with Crippen molar-refractivity contribution in [2.24, 2.45) is 0 Å². The van der Waals surface area contributed by atoms with Gasteiger partial charge in [0.2, 0.25) is 5.91 Å². The molecule has 0 unspecified atom stereocenters. The molecule has 0 spiro atoms. The van der Waals surface area contributed by atoms with Crippen LogP contribution in [0.5, 0.6) is 0 Å². The molecule has 1 aromatic heterocycles. The van der Waals surface area contributed by atoms with Crippen molar-refractivity contribution in [2.45, 2.75) is 4.90 Å². The van der Waals surface area contributed by atoms with Gasteiger partial charge in [0.15, 0.2) is 0 Å². The van der Waals surface area contributed by atoms with Gasteiger partial charge in [-0.25, -0.2) is 0 Å². The Morgan fingerprint density at radius 3 is 2.76 bits per heavy atom. The first-order valence-electron chi connectivity index (χ1n) is 5.87. The molecule has 0 aliphatic heterocycles. The SMILES string of the molecule is Nc1cc(Br)ccc1SCC(=O)NNC(=O)c1cccs1. The molecule has 8 heteroatoms. The number of carbonyl (C=O) groups is 2. The average molecular weight is 386 g/mol. The van der Waals surface area contributed by atoms with Crippen LogP contribution in [0.25, 0.3) is 0 Å². The van der Waals surface area contributed by atoms with Crippen molar-refractivity contribution in [3.8, 4) is 0 Å². The zero-order valence-corrected chi connectivity index (χ0v) is 14.0. The molecule has 1 heterocycles. The lowest BCUT2D eigenvalue weighted by molar-refractivity contribution is -0.119. The highest BCUT2D eigenvalue weighted by atomic mass is 79.9. The van der Waals surface area contributed by atoms with Crippen molar-refractivity contribution >= 4 is 56.5 Å². The summed E-state index contributed by atoms with van der Waals surface area (Å²) in [5, 5.41) is 1.79. The van der Waals surface area contributed by atoms with E-state index in [4.69, 9.17) is 5.73 Å². The van der Waals surface area contributed by atoms with E-state index in [1.807, 2.05) is 12.1 Å². The number of nitrogens with one attached hydrogen (secondary N) is 2. The van der Waals surface area contributed by atoms with Gasteiger partial charge >= 0.3 is 0 Å². The molecule has 5 nitrogen and oxygen atoms in total. The Morgan fingerprint density at radius 1 is 1.29 bits per heavy atom. The molecule has 2 amide bonds. The minimum absolute atomic E-state index is 0.163. The molecule has 4 N–H and O–H groups in total. The molecule has 21 heavy (non-hydrogen) atoms. The summed E-state index contributed by atoms with van der Waals surface area (Å²) in [4.78, 5) is 24.7. The zero-order valence-electron chi connectivity index (χ0n) is 10.8. The van der Waals surface area contributed by atoms with E-state index in [1.54, 1.807) is 23.6 Å². The molecule has 0 aliphatic carbocycles. The fraction of sp³-hybridized carbons (Fsp3) is 0.0769. The third-order valence-corrected chi connectivity index (χ3v) is 4.84. The van der Waals surface area contributed by atoms with Crippen molar-refractivity contribution < 1.29 is 9.59 Å².